The van der Waals surface area contributed by atoms with Crippen LogP contribution in [0, 0.1) is 11.3 Å². The zero-order valence-electron chi connectivity index (χ0n) is 22.8. The van der Waals surface area contributed by atoms with E-state index in [0.29, 0.717) is 59.3 Å². The molecule has 2 atom stereocenters. The molecule has 12 heteroatoms. The number of nitriles is 1. The number of nitrogens with one attached hydrogen (secondary N) is 1. The van der Waals surface area contributed by atoms with Gasteiger partial charge < -0.3 is 29.2 Å². The third-order valence-corrected chi connectivity index (χ3v) is 7.62. The molecular formula is C29H32FN7O4. The number of hydrogen-bond acceptors (Lipinski definition) is 11. The first-order valence-corrected chi connectivity index (χ1v) is 13.8. The minimum Gasteiger partial charge on any atom is -0.486 e. The normalized spacial score (nSPS) is 21.5. The average molecular weight is 562 g/mol. The van der Waals surface area contributed by atoms with Gasteiger partial charge in [0.2, 0.25) is 11.8 Å². The lowest BCUT2D eigenvalue weighted by molar-refractivity contribution is -0.0660. The largest absolute Gasteiger partial charge is 0.486 e. The van der Waals surface area contributed by atoms with E-state index in [4.69, 9.17) is 18.9 Å². The van der Waals surface area contributed by atoms with Gasteiger partial charge in [0, 0.05) is 44.4 Å². The van der Waals surface area contributed by atoms with Crippen molar-refractivity contribution < 1.29 is 23.3 Å². The number of alkyl halides is 1. The predicted molar refractivity (Wildman–Crippen MR) is 149 cm³/mol. The van der Waals surface area contributed by atoms with Gasteiger partial charge in [-0.05, 0) is 36.4 Å². The molecule has 6 rings (SSSR count). The Bertz CT molecular complexity index is 1410. The van der Waals surface area contributed by atoms with E-state index in [1.54, 1.807) is 37.6 Å². The molecule has 11 nitrogen and oxygen atoms in total. The van der Waals surface area contributed by atoms with Crippen molar-refractivity contribution in [3.05, 3.63) is 48.2 Å². The molecule has 2 unspecified atom stereocenters. The fourth-order valence-corrected chi connectivity index (χ4v) is 5.21. The van der Waals surface area contributed by atoms with E-state index in [1.165, 1.54) is 0 Å². The van der Waals surface area contributed by atoms with Crippen molar-refractivity contribution in [1.82, 2.24) is 19.9 Å². The topological polar surface area (TPSA) is 118 Å². The quantitative estimate of drug-likeness (QED) is 0.437. The van der Waals surface area contributed by atoms with Crippen molar-refractivity contribution in [1.29, 1.82) is 5.26 Å². The van der Waals surface area contributed by atoms with Crippen molar-refractivity contribution >= 4 is 17.5 Å². The number of methoxy groups -OCH3 is 1. The van der Waals surface area contributed by atoms with Crippen LogP contribution in [-0.4, -0.2) is 97.9 Å². The lowest BCUT2D eigenvalue weighted by Crippen LogP contribution is -2.56. The van der Waals surface area contributed by atoms with Gasteiger partial charge in [-0.25, -0.2) is 14.4 Å². The SMILES string of the molecule is COc1nc(Nc2nccc(-c3ccc(OC4CCOCC4F)c(C#N)c3)n2)ccc1N1CCN(C2COC2)CC1. The standard InChI is InChI=1S/C29H32FN7O4/c1-38-28-24(37-11-9-36(10-12-37)21-16-40-17-21)3-5-27(34-28)35-29-32-8-6-23(33-29)19-2-4-25(20(14-19)15-31)41-26-7-13-39-18-22(26)30/h2-6,8,14,21-22,26H,7,9-13,16-18H2,1H3,(H,32,33,34,35). The van der Waals surface area contributed by atoms with Gasteiger partial charge in [-0.3, -0.25) is 4.90 Å². The molecule has 5 heterocycles. The average Bonchev–Trinajstić information content (AvgIpc) is 2.98. The summed E-state index contributed by atoms with van der Waals surface area (Å²) in [5.74, 6) is 1.77. The summed E-state index contributed by atoms with van der Waals surface area (Å²) in [5, 5.41) is 12.9. The second kappa shape index (κ2) is 12.2. The van der Waals surface area contributed by atoms with Crippen LogP contribution in [0.3, 0.4) is 0 Å². The molecule has 3 saturated heterocycles. The van der Waals surface area contributed by atoms with Gasteiger partial charge in [0.25, 0.3) is 0 Å². The Labute approximate surface area is 237 Å². The van der Waals surface area contributed by atoms with Gasteiger partial charge in [0.1, 0.15) is 29.4 Å². The van der Waals surface area contributed by atoms with Crippen LogP contribution in [0.4, 0.5) is 21.8 Å². The summed E-state index contributed by atoms with van der Waals surface area (Å²) in [6.45, 7) is 5.82. The number of nitrogens with zero attached hydrogens (tertiary/aromatic N) is 6. The molecule has 0 bridgehead atoms. The third-order valence-electron chi connectivity index (χ3n) is 7.62. The Hall–Kier alpha value is -4.05. The van der Waals surface area contributed by atoms with E-state index in [9.17, 15) is 9.65 Å². The molecule has 1 N–H and O–H groups in total. The Morgan fingerprint density at radius 3 is 2.63 bits per heavy atom. The molecule has 3 fully saturated rings. The van der Waals surface area contributed by atoms with E-state index in [-0.39, 0.29) is 6.61 Å². The maximum atomic E-state index is 14.2. The molecule has 214 valence electrons. The van der Waals surface area contributed by atoms with Crippen LogP contribution in [-0.2, 0) is 9.47 Å². The minimum atomic E-state index is -1.23. The smallest absolute Gasteiger partial charge is 0.239 e. The zero-order chi connectivity index (χ0) is 28.2. The number of aromatic nitrogens is 3. The van der Waals surface area contributed by atoms with Crippen molar-refractivity contribution in [2.45, 2.75) is 24.7 Å². The van der Waals surface area contributed by atoms with E-state index >= 15 is 0 Å². The lowest BCUT2D eigenvalue weighted by atomic mass is 10.1. The van der Waals surface area contributed by atoms with Crippen LogP contribution in [0.5, 0.6) is 11.6 Å². The van der Waals surface area contributed by atoms with E-state index in [1.807, 2.05) is 12.1 Å². The van der Waals surface area contributed by atoms with Crippen LogP contribution in [0.1, 0.15) is 12.0 Å². The minimum absolute atomic E-state index is 0.00161. The molecule has 3 aliphatic rings. The number of benzene rings is 1. The van der Waals surface area contributed by atoms with Crippen LogP contribution >= 0.6 is 0 Å². The van der Waals surface area contributed by atoms with E-state index in [2.05, 4.69) is 36.1 Å². The first-order chi connectivity index (χ1) is 20.1. The van der Waals surface area contributed by atoms with Crippen LogP contribution in [0.2, 0.25) is 0 Å². The van der Waals surface area contributed by atoms with Gasteiger partial charge in [0.15, 0.2) is 6.17 Å². The highest BCUT2D eigenvalue weighted by Crippen LogP contribution is 2.31. The monoisotopic (exact) mass is 561 g/mol. The summed E-state index contributed by atoms with van der Waals surface area (Å²) in [6, 6.07) is 13.5. The van der Waals surface area contributed by atoms with Gasteiger partial charge in [-0.1, -0.05) is 0 Å². The molecule has 0 amide bonds. The molecule has 0 aliphatic carbocycles. The Morgan fingerprint density at radius 1 is 1.05 bits per heavy atom. The Kier molecular flexibility index (Phi) is 8.09. The Morgan fingerprint density at radius 2 is 1.90 bits per heavy atom. The van der Waals surface area contributed by atoms with Gasteiger partial charge in [0.05, 0.1) is 50.8 Å². The number of rotatable bonds is 8. The summed E-state index contributed by atoms with van der Waals surface area (Å²) in [5.41, 5.74) is 2.57. The van der Waals surface area contributed by atoms with Gasteiger partial charge >= 0.3 is 0 Å². The highest BCUT2D eigenvalue weighted by atomic mass is 19.1. The second-order valence-corrected chi connectivity index (χ2v) is 10.2. The van der Waals surface area contributed by atoms with Crippen LogP contribution in [0.25, 0.3) is 11.3 Å². The number of halogens is 1. The van der Waals surface area contributed by atoms with Crippen molar-refractivity contribution in [3.8, 4) is 29.0 Å². The highest BCUT2D eigenvalue weighted by Gasteiger charge is 2.30. The molecule has 0 saturated carbocycles. The number of pyridine rings is 1. The fourth-order valence-electron chi connectivity index (χ4n) is 5.21. The predicted octanol–water partition coefficient (Wildman–Crippen LogP) is 3.19. The van der Waals surface area contributed by atoms with Crippen molar-refractivity contribution in [2.24, 2.45) is 0 Å². The Balaban J connectivity index is 1.14. The fraction of sp³-hybridized carbons (Fsp3) is 0.448. The lowest BCUT2D eigenvalue weighted by Gasteiger charge is -2.43. The molecular weight excluding hydrogens is 529 g/mol. The number of ether oxygens (including phenoxy) is 4. The summed E-state index contributed by atoms with van der Waals surface area (Å²) in [6.07, 6.45) is 0.195. The molecule has 3 aromatic rings. The summed E-state index contributed by atoms with van der Waals surface area (Å²) in [4.78, 5) is 18.4. The molecule has 0 radical (unpaired) electrons. The van der Waals surface area contributed by atoms with Crippen LogP contribution < -0.4 is 19.7 Å². The third kappa shape index (κ3) is 6.02. The summed E-state index contributed by atoms with van der Waals surface area (Å²) < 4.78 is 36.1. The molecule has 3 aliphatic heterocycles. The van der Waals surface area contributed by atoms with Crippen LogP contribution in [0.15, 0.2) is 42.6 Å². The number of piperazine rings is 1. The molecule has 0 spiro atoms. The molecule has 2 aromatic heterocycles. The maximum absolute atomic E-state index is 14.2. The van der Waals surface area contributed by atoms with Gasteiger partial charge in [-0.2, -0.15) is 10.2 Å². The second-order valence-electron chi connectivity index (χ2n) is 10.2. The number of hydrogen-bond donors (Lipinski definition) is 1. The molecule has 41 heavy (non-hydrogen) atoms. The zero-order valence-corrected chi connectivity index (χ0v) is 22.8. The van der Waals surface area contributed by atoms with Gasteiger partial charge in [-0.15, -0.1) is 0 Å². The number of anilines is 3. The maximum Gasteiger partial charge on any atom is 0.239 e. The molecule has 1 aromatic carbocycles. The van der Waals surface area contributed by atoms with Crippen molar-refractivity contribution in [2.75, 3.05) is 69.9 Å². The van der Waals surface area contributed by atoms with E-state index < -0.39 is 12.3 Å². The summed E-state index contributed by atoms with van der Waals surface area (Å²) >= 11 is 0. The first kappa shape index (κ1) is 27.1. The highest BCUT2D eigenvalue weighted by molar-refractivity contribution is 5.66. The van der Waals surface area contributed by atoms with Crippen molar-refractivity contribution in [3.63, 3.8) is 0 Å². The first-order valence-electron chi connectivity index (χ1n) is 13.8. The van der Waals surface area contributed by atoms with E-state index in [0.717, 1.165) is 45.1 Å². The summed E-state index contributed by atoms with van der Waals surface area (Å²) in [7, 11) is 1.62.